The molecule has 9 heteroatoms. The zero-order chi connectivity index (χ0) is 18.5. The molecule has 136 valence electrons. The third-order valence-electron chi connectivity index (χ3n) is 3.90. The molecule has 3 N–H and O–H groups in total. The van der Waals surface area contributed by atoms with Crippen molar-refractivity contribution in [2.24, 2.45) is 0 Å². The molecule has 8 nitrogen and oxygen atoms in total. The standard InChI is InChI=1S/C17H19N5O3S/c1-2-3-8-14-21-22-17(26-14)20-13(23)9-12-16(25)18-11-7-5-4-6-10(11)15(24)19-12/h4-7,12H,2-3,8-9H2,1H3,(H,18,25)(H,19,24)(H,20,22,23)/t12-/m1/s1. The first-order chi connectivity index (χ1) is 12.6. The van der Waals surface area contributed by atoms with Crippen LogP contribution < -0.4 is 16.0 Å². The van der Waals surface area contributed by atoms with Gasteiger partial charge in [0.25, 0.3) is 5.91 Å². The van der Waals surface area contributed by atoms with Crippen molar-refractivity contribution in [3.05, 3.63) is 34.8 Å². The summed E-state index contributed by atoms with van der Waals surface area (Å²) in [5.41, 5.74) is 0.802. The third-order valence-corrected chi connectivity index (χ3v) is 4.80. The second-order valence-corrected chi connectivity index (χ2v) is 6.98. The Morgan fingerprint density at radius 2 is 2.08 bits per heavy atom. The van der Waals surface area contributed by atoms with Gasteiger partial charge < -0.3 is 16.0 Å². The lowest BCUT2D eigenvalue weighted by Gasteiger charge is -2.13. The first kappa shape index (κ1) is 18.0. The predicted molar refractivity (Wildman–Crippen MR) is 98.1 cm³/mol. The van der Waals surface area contributed by atoms with Gasteiger partial charge in [0.15, 0.2) is 0 Å². The van der Waals surface area contributed by atoms with Crippen molar-refractivity contribution in [1.82, 2.24) is 15.5 Å². The number of fused-ring (bicyclic) bond motifs is 1. The summed E-state index contributed by atoms with van der Waals surface area (Å²) in [6, 6.07) is 5.75. The van der Waals surface area contributed by atoms with E-state index < -0.39 is 23.8 Å². The van der Waals surface area contributed by atoms with E-state index in [1.54, 1.807) is 24.3 Å². The Morgan fingerprint density at radius 1 is 1.27 bits per heavy atom. The van der Waals surface area contributed by atoms with Crippen LogP contribution in [0.3, 0.4) is 0 Å². The van der Waals surface area contributed by atoms with Crippen LogP contribution in [0.4, 0.5) is 10.8 Å². The maximum absolute atomic E-state index is 12.3. The first-order valence-corrected chi connectivity index (χ1v) is 9.21. The lowest BCUT2D eigenvalue weighted by Crippen LogP contribution is -2.43. The van der Waals surface area contributed by atoms with E-state index in [1.807, 2.05) is 0 Å². The van der Waals surface area contributed by atoms with E-state index in [9.17, 15) is 14.4 Å². The van der Waals surface area contributed by atoms with Crippen LogP contribution in [0.2, 0.25) is 0 Å². The molecule has 1 aromatic carbocycles. The van der Waals surface area contributed by atoms with Gasteiger partial charge in [-0.2, -0.15) is 0 Å². The second-order valence-electron chi connectivity index (χ2n) is 5.92. The molecule has 0 fully saturated rings. The van der Waals surface area contributed by atoms with Crippen LogP contribution in [0.25, 0.3) is 0 Å². The van der Waals surface area contributed by atoms with Crippen LogP contribution in [0, 0.1) is 0 Å². The molecule has 1 atom stereocenters. The maximum Gasteiger partial charge on any atom is 0.254 e. The molecule has 1 aliphatic heterocycles. The first-order valence-electron chi connectivity index (χ1n) is 8.39. The molecule has 3 amide bonds. The fraction of sp³-hybridized carbons (Fsp3) is 0.353. The Bertz CT molecular complexity index is 835. The quantitative estimate of drug-likeness (QED) is 0.716. The number of anilines is 2. The van der Waals surface area contributed by atoms with Crippen molar-refractivity contribution in [3.8, 4) is 0 Å². The molecule has 0 saturated heterocycles. The van der Waals surface area contributed by atoms with Crippen molar-refractivity contribution >= 4 is 39.9 Å². The number of carbonyl (C=O) groups excluding carboxylic acids is 3. The van der Waals surface area contributed by atoms with Gasteiger partial charge in [-0.15, -0.1) is 10.2 Å². The number of carbonyl (C=O) groups is 3. The largest absolute Gasteiger partial charge is 0.340 e. The molecule has 26 heavy (non-hydrogen) atoms. The van der Waals surface area contributed by atoms with Gasteiger partial charge >= 0.3 is 0 Å². The number of nitrogens with zero attached hydrogens (tertiary/aromatic N) is 2. The summed E-state index contributed by atoms with van der Waals surface area (Å²) in [6.45, 7) is 2.09. The zero-order valence-corrected chi connectivity index (χ0v) is 15.1. The van der Waals surface area contributed by atoms with Crippen molar-refractivity contribution in [3.63, 3.8) is 0 Å². The van der Waals surface area contributed by atoms with Gasteiger partial charge in [0.05, 0.1) is 17.7 Å². The van der Waals surface area contributed by atoms with E-state index in [2.05, 4.69) is 33.1 Å². The summed E-state index contributed by atoms with van der Waals surface area (Å²) in [4.78, 5) is 36.8. The Labute approximate surface area is 154 Å². The number of unbranched alkanes of at least 4 members (excludes halogenated alkanes) is 1. The molecule has 1 aromatic heterocycles. The molecule has 0 aliphatic carbocycles. The number of amides is 3. The summed E-state index contributed by atoms with van der Waals surface area (Å²) in [7, 11) is 0. The van der Waals surface area contributed by atoms with Crippen molar-refractivity contribution < 1.29 is 14.4 Å². The molecule has 0 spiro atoms. The van der Waals surface area contributed by atoms with E-state index in [0.29, 0.717) is 16.4 Å². The highest BCUT2D eigenvalue weighted by Gasteiger charge is 2.29. The highest BCUT2D eigenvalue weighted by Crippen LogP contribution is 2.20. The van der Waals surface area contributed by atoms with Crippen molar-refractivity contribution in [2.75, 3.05) is 10.6 Å². The van der Waals surface area contributed by atoms with E-state index in [-0.39, 0.29) is 6.42 Å². The molecule has 1 aliphatic rings. The fourth-order valence-electron chi connectivity index (χ4n) is 2.54. The van der Waals surface area contributed by atoms with Crippen LogP contribution in [0.5, 0.6) is 0 Å². The van der Waals surface area contributed by atoms with Gasteiger partial charge in [0.1, 0.15) is 11.0 Å². The van der Waals surface area contributed by atoms with Gasteiger partial charge in [-0.25, -0.2) is 0 Å². The molecular weight excluding hydrogens is 354 g/mol. The van der Waals surface area contributed by atoms with E-state index in [0.717, 1.165) is 24.3 Å². The average Bonchev–Trinajstić information content (AvgIpc) is 3.02. The molecule has 2 aromatic rings. The normalized spacial score (nSPS) is 16.3. The van der Waals surface area contributed by atoms with Crippen LogP contribution in [0.15, 0.2) is 24.3 Å². The number of rotatable bonds is 6. The SMILES string of the molecule is CCCCc1nnc(NC(=O)C[C@H]2NC(=O)c3ccccc3NC2=O)s1. The number of benzene rings is 1. The molecule has 2 heterocycles. The smallest absolute Gasteiger partial charge is 0.254 e. The topological polar surface area (TPSA) is 113 Å². The van der Waals surface area contributed by atoms with Crippen LogP contribution in [0.1, 0.15) is 41.6 Å². The Morgan fingerprint density at radius 3 is 2.88 bits per heavy atom. The average molecular weight is 373 g/mol. The molecule has 3 rings (SSSR count). The predicted octanol–water partition coefficient (Wildman–Crippen LogP) is 1.96. The number of hydrogen-bond acceptors (Lipinski definition) is 6. The summed E-state index contributed by atoms with van der Waals surface area (Å²) in [5.74, 6) is -1.23. The van der Waals surface area contributed by atoms with E-state index in [4.69, 9.17) is 0 Å². The van der Waals surface area contributed by atoms with Crippen molar-refractivity contribution in [1.29, 1.82) is 0 Å². The number of hydrogen-bond donors (Lipinski definition) is 3. The minimum absolute atomic E-state index is 0.185. The number of aryl methyl sites for hydroxylation is 1. The summed E-state index contributed by atoms with van der Waals surface area (Å²) < 4.78 is 0. The van der Waals surface area contributed by atoms with Gasteiger partial charge in [-0.1, -0.05) is 36.8 Å². The summed E-state index contributed by atoms with van der Waals surface area (Å²) >= 11 is 1.32. The highest BCUT2D eigenvalue weighted by molar-refractivity contribution is 7.15. The minimum atomic E-state index is -0.956. The summed E-state index contributed by atoms with van der Waals surface area (Å²) in [5, 5.41) is 17.1. The van der Waals surface area contributed by atoms with Gasteiger partial charge in [0, 0.05) is 6.42 Å². The molecule has 0 radical (unpaired) electrons. The van der Waals surface area contributed by atoms with E-state index >= 15 is 0 Å². The Hall–Kier alpha value is -2.81. The second kappa shape index (κ2) is 8.05. The monoisotopic (exact) mass is 373 g/mol. The molecule has 0 saturated carbocycles. The molecule has 0 bridgehead atoms. The van der Waals surface area contributed by atoms with Crippen LogP contribution in [-0.2, 0) is 16.0 Å². The lowest BCUT2D eigenvalue weighted by molar-refractivity contribution is -0.122. The fourth-order valence-corrected chi connectivity index (χ4v) is 3.34. The molecule has 0 unspecified atom stereocenters. The number of nitrogens with one attached hydrogen (secondary N) is 3. The third kappa shape index (κ3) is 4.23. The van der Waals surface area contributed by atoms with Crippen molar-refractivity contribution in [2.45, 2.75) is 38.6 Å². The Balaban J connectivity index is 1.61. The van der Waals surface area contributed by atoms with Gasteiger partial charge in [0.2, 0.25) is 16.9 Å². The number of aromatic nitrogens is 2. The number of para-hydroxylation sites is 1. The zero-order valence-electron chi connectivity index (χ0n) is 14.2. The van der Waals surface area contributed by atoms with Crippen LogP contribution >= 0.6 is 11.3 Å². The minimum Gasteiger partial charge on any atom is -0.340 e. The van der Waals surface area contributed by atoms with E-state index in [1.165, 1.54) is 11.3 Å². The maximum atomic E-state index is 12.3. The highest BCUT2D eigenvalue weighted by atomic mass is 32.1. The van der Waals surface area contributed by atoms with Gasteiger partial charge in [-0.05, 0) is 18.6 Å². The Kier molecular flexibility index (Phi) is 5.57. The van der Waals surface area contributed by atoms with Gasteiger partial charge in [-0.3, -0.25) is 14.4 Å². The molecular formula is C17H19N5O3S. The van der Waals surface area contributed by atoms with Crippen LogP contribution in [-0.4, -0.2) is 34.0 Å². The summed E-state index contributed by atoms with van der Waals surface area (Å²) in [6.07, 6.45) is 2.70. The lowest BCUT2D eigenvalue weighted by atomic mass is 10.1.